The standard InChI is InChI=1S/C24H35Cl2N3/c25-21-11-5-18(6-12-21)3-9-20(10-4-19-7-13-22(26)14-8-19)24(29)16-15-23(28)2-1-17-27/h5-8,11-14,20,23-24H,1-4,9-10,15-17,27-29H2. The molecule has 0 saturated heterocycles. The Morgan fingerprint density at radius 2 is 1.14 bits per heavy atom. The number of hydrogen-bond acceptors (Lipinski definition) is 3. The summed E-state index contributed by atoms with van der Waals surface area (Å²) in [4.78, 5) is 0. The van der Waals surface area contributed by atoms with Crippen molar-refractivity contribution in [2.24, 2.45) is 23.1 Å². The van der Waals surface area contributed by atoms with Crippen molar-refractivity contribution in [3.05, 3.63) is 69.7 Å². The molecule has 0 spiro atoms. The second-order valence-corrected chi connectivity index (χ2v) is 8.90. The third-order valence-corrected chi connectivity index (χ3v) is 6.19. The van der Waals surface area contributed by atoms with Crippen LogP contribution in [0.2, 0.25) is 10.0 Å². The van der Waals surface area contributed by atoms with Gasteiger partial charge in [0.2, 0.25) is 0 Å². The molecule has 0 saturated carbocycles. The largest absolute Gasteiger partial charge is 0.330 e. The van der Waals surface area contributed by atoms with Gasteiger partial charge in [0, 0.05) is 22.1 Å². The Morgan fingerprint density at radius 1 is 0.655 bits per heavy atom. The zero-order valence-corrected chi connectivity index (χ0v) is 18.7. The van der Waals surface area contributed by atoms with Crippen LogP contribution < -0.4 is 17.2 Å². The molecular weight excluding hydrogens is 401 g/mol. The van der Waals surface area contributed by atoms with Gasteiger partial charge in [-0.1, -0.05) is 47.5 Å². The summed E-state index contributed by atoms with van der Waals surface area (Å²) in [6.45, 7) is 0.699. The van der Waals surface area contributed by atoms with Gasteiger partial charge in [0.25, 0.3) is 0 Å². The minimum absolute atomic E-state index is 0.151. The SMILES string of the molecule is NCCCC(N)CCC(N)C(CCc1ccc(Cl)cc1)CCc1ccc(Cl)cc1. The lowest BCUT2D eigenvalue weighted by Crippen LogP contribution is -2.33. The Balaban J connectivity index is 1.92. The van der Waals surface area contributed by atoms with Gasteiger partial charge in [0.15, 0.2) is 0 Å². The maximum atomic E-state index is 6.65. The van der Waals surface area contributed by atoms with Gasteiger partial charge >= 0.3 is 0 Å². The van der Waals surface area contributed by atoms with E-state index in [4.69, 9.17) is 40.4 Å². The lowest BCUT2D eigenvalue weighted by Gasteiger charge is -2.25. The van der Waals surface area contributed by atoms with Crippen LogP contribution in [0.5, 0.6) is 0 Å². The van der Waals surface area contributed by atoms with Crippen LogP contribution >= 0.6 is 23.2 Å². The molecule has 0 fully saturated rings. The van der Waals surface area contributed by atoms with Crippen molar-refractivity contribution >= 4 is 23.2 Å². The van der Waals surface area contributed by atoms with Crippen LogP contribution in [0.15, 0.2) is 48.5 Å². The first-order valence-electron chi connectivity index (χ1n) is 10.7. The molecule has 3 nitrogen and oxygen atoms in total. The van der Waals surface area contributed by atoms with E-state index in [0.717, 1.165) is 61.4 Å². The van der Waals surface area contributed by atoms with E-state index >= 15 is 0 Å². The van der Waals surface area contributed by atoms with Crippen molar-refractivity contribution in [3.63, 3.8) is 0 Å². The van der Waals surface area contributed by atoms with Crippen LogP contribution in [0, 0.1) is 5.92 Å². The van der Waals surface area contributed by atoms with Gasteiger partial charge < -0.3 is 17.2 Å². The molecule has 0 radical (unpaired) electrons. The van der Waals surface area contributed by atoms with Gasteiger partial charge in [-0.3, -0.25) is 0 Å². The predicted octanol–water partition coefficient (Wildman–Crippen LogP) is 5.35. The fourth-order valence-corrected chi connectivity index (χ4v) is 4.00. The summed E-state index contributed by atoms with van der Waals surface area (Å²) in [5.74, 6) is 0.447. The number of rotatable bonds is 13. The fourth-order valence-electron chi connectivity index (χ4n) is 3.75. The van der Waals surface area contributed by atoms with E-state index in [1.54, 1.807) is 0 Å². The topological polar surface area (TPSA) is 78.1 Å². The zero-order valence-electron chi connectivity index (χ0n) is 17.2. The van der Waals surface area contributed by atoms with Crippen molar-refractivity contribution in [1.29, 1.82) is 0 Å². The van der Waals surface area contributed by atoms with E-state index in [2.05, 4.69) is 24.3 Å². The van der Waals surface area contributed by atoms with Crippen molar-refractivity contribution < 1.29 is 0 Å². The van der Waals surface area contributed by atoms with Crippen LogP contribution in [0.3, 0.4) is 0 Å². The molecule has 2 atom stereocenters. The number of halogens is 2. The highest BCUT2D eigenvalue weighted by Gasteiger charge is 2.19. The maximum absolute atomic E-state index is 6.65. The van der Waals surface area contributed by atoms with E-state index < -0.39 is 0 Å². The molecule has 2 aromatic rings. The number of benzene rings is 2. The van der Waals surface area contributed by atoms with Crippen LogP contribution in [0.4, 0.5) is 0 Å². The van der Waals surface area contributed by atoms with Crippen molar-refractivity contribution in [1.82, 2.24) is 0 Å². The molecule has 0 bridgehead atoms. The van der Waals surface area contributed by atoms with Crippen molar-refractivity contribution in [3.8, 4) is 0 Å². The molecule has 0 aliphatic rings. The molecule has 0 heterocycles. The molecular formula is C24H35Cl2N3. The van der Waals surface area contributed by atoms with Gasteiger partial charge in [0.05, 0.1) is 0 Å². The molecule has 5 heteroatoms. The normalized spacial score (nSPS) is 13.6. The van der Waals surface area contributed by atoms with Crippen molar-refractivity contribution in [2.75, 3.05) is 6.54 Å². The van der Waals surface area contributed by atoms with Crippen LogP contribution in [0.1, 0.15) is 49.7 Å². The molecule has 2 unspecified atom stereocenters. The Kier molecular flexibility index (Phi) is 11.0. The predicted molar refractivity (Wildman–Crippen MR) is 127 cm³/mol. The first kappa shape index (κ1) is 24.2. The first-order chi connectivity index (χ1) is 14.0. The Hall–Kier alpha value is -1.10. The molecule has 0 aromatic heterocycles. The molecule has 0 aliphatic carbocycles. The summed E-state index contributed by atoms with van der Waals surface area (Å²) >= 11 is 12.0. The molecule has 160 valence electrons. The molecule has 29 heavy (non-hydrogen) atoms. The minimum atomic E-state index is 0.151. The Bertz CT molecular complexity index is 639. The Labute approximate surface area is 185 Å². The Morgan fingerprint density at radius 3 is 1.59 bits per heavy atom. The smallest absolute Gasteiger partial charge is 0.0406 e. The molecule has 0 aliphatic heterocycles. The van der Waals surface area contributed by atoms with Crippen molar-refractivity contribution in [2.45, 2.75) is 63.5 Å². The van der Waals surface area contributed by atoms with Gasteiger partial charge in [-0.05, 0) is 99.2 Å². The lowest BCUT2D eigenvalue weighted by atomic mass is 9.85. The van der Waals surface area contributed by atoms with Crippen LogP contribution in [-0.4, -0.2) is 18.6 Å². The summed E-state index contributed by atoms with van der Waals surface area (Å²) in [5.41, 5.74) is 21.1. The number of aryl methyl sites for hydroxylation is 2. The maximum Gasteiger partial charge on any atom is 0.0406 e. The summed E-state index contributed by atoms with van der Waals surface area (Å²) in [6.07, 6.45) is 8.02. The fraction of sp³-hybridized carbons (Fsp3) is 0.500. The summed E-state index contributed by atoms with van der Waals surface area (Å²) in [6, 6.07) is 16.6. The monoisotopic (exact) mass is 435 g/mol. The second-order valence-electron chi connectivity index (χ2n) is 8.02. The average molecular weight is 436 g/mol. The molecule has 2 aromatic carbocycles. The van der Waals surface area contributed by atoms with Gasteiger partial charge in [-0.15, -0.1) is 0 Å². The van der Waals surface area contributed by atoms with E-state index in [9.17, 15) is 0 Å². The van der Waals surface area contributed by atoms with Gasteiger partial charge in [0.1, 0.15) is 0 Å². The second kappa shape index (κ2) is 13.3. The third-order valence-electron chi connectivity index (χ3n) is 5.69. The number of nitrogens with two attached hydrogens (primary N) is 3. The molecule has 2 rings (SSSR count). The molecule has 0 amide bonds. The lowest BCUT2D eigenvalue weighted by molar-refractivity contribution is 0.337. The van der Waals surface area contributed by atoms with Crippen LogP contribution in [0.25, 0.3) is 0 Å². The average Bonchev–Trinajstić information content (AvgIpc) is 2.73. The minimum Gasteiger partial charge on any atom is -0.330 e. The quantitative estimate of drug-likeness (QED) is 0.396. The van der Waals surface area contributed by atoms with E-state index in [1.165, 1.54) is 11.1 Å². The summed E-state index contributed by atoms with van der Waals surface area (Å²) in [7, 11) is 0. The zero-order chi connectivity index (χ0) is 21.1. The van der Waals surface area contributed by atoms with Crippen LogP contribution in [-0.2, 0) is 12.8 Å². The van der Waals surface area contributed by atoms with Gasteiger partial charge in [-0.25, -0.2) is 0 Å². The summed E-state index contributed by atoms with van der Waals surface area (Å²) in [5, 5.41) is 1.55. The highest BCUT2D eigenvalue weighted by molar-refractivity contribution is 6.30. The number of hydrogen-bond donors (Lipinski definition) is 3. The van der Waals surface area contributed by atoms with E-state index in [1.807, 2.05) is 24.3 Å². The van der Waals surface area contributed by atoms with E-state index in [0.29, 0.717) is 12.5 Å². The molecule has 6 N–H and O–H groups in total. The first-order valence-corrected chi connectivity index (χ1v) is 11.4. The van der Waals surface area contributed by atoms with E-state index in [-0.39, 0.29) is 12.1 Å². The third kappa shape index (κ3) is 9.50. The summed E-state index contributed by atoms with van der Waals surface area (Å²) < 4.78 is 0. The highest BCUT2D eigenvalue weighted by atomic mass is 35.5. The van der Waals surface area contributed by atoms with Gasteiger partial charge in [-0.2, -0.15) is 0 Å². The highest BCUT2D eigenvalue weighted by Crippen LogP contribution is 2.23.